The fourth-order valence-corrected chi connectivity index (χ4v) is 4.40. The number of aryl methyl sites for hydroxylation is 3. The maximum absolute atomic E-state index is 13.2. The summed E-state index contributed by atoms with van der Waals surface area (Å²) in [4.78, 5) is 39.1. The summed E-state index contributed by atoms with van der Waals surface area (Å²) in [6, 6.07) is 15.3. The Hall–Kier alpha value is -4.11. The van der Waals surface area contributed by atoms with Gasteiger partial charge in [0.2, 0.25) is 0 Å². The lowest BCUT2D eigenvalue weighted by atomic mass is 10.1. The molecule has 196 valence electrons. The molecular formula is C29H27BrN2O6. The van der Waals surface area contributed by atoms with Crippen LogP contribution in [0.15, 0.2) is 64.6 Å². The van der Waals surface area contributed by atoms with E-state index in [1.54, 1.807) is 36.4 Å². The van der Waals surface area contributed by atoms with Gasteiger partial charge in [-0.05, 0) is 95.9 Å². The Labute approximate surface area is 229 Å². The standard InChI is InChI=1S/C29H27BrN2O6/c1-17-5-8-21(9-6-17)32-28(34)23(27(33)31-29(32)35)14-20-15-24(30)26(25(16-20)36-4)38-12-11-37-22-10-7-18(2)19(3)13-22/h5-10,13-16H,11-12H2,1-4H3,(H,31,33,35). The molecular weight excluding hydrogens is 552 g/mol. The molecule has 9 heteroatoms. The molecule has 3 aromatic carbocycles. The van der Waals surface area contributed by atoms with Crippen molar-refractivity contribution >= 4 is 45.5 Å². The fourth-order valence-electron chi connectivity index (χ4n) is 3.82. The van der Waals surface area contributed by atoms with Crippen LogP contribution in [-0.2, 0) is 9.59 Å². The topological polar surface area (TPSA) is 94.2 Å². The zero-order valence-electron chi connectivity index (χ0n) is 21.5. The molecule has 1 fully saturated rings. The number of ether oxygens (including phenoxy) is 3. The third kappa shape index (κ3) is 5.89. The Morgan fingerprint density at radius 2 is 1.61 bits per heavy atom. The summed E-state index contributed by atoms with van der Waals surface area (Å²) in [5.74, 6) is 0.115. The lowest BCUT2D eigenvalue weighted by Gasteiger charge is -2.26. The van der Waals surface area contributed by atoms with Crippen LogP contribution in [-0.4, -0.2) is 38.2 Å². The molecule has 0 aromatic heterocycles. The molecule has 4 amide bonds. The van der Waals surface area contributed by atoms with E-state index in [0.717, 1.165) is 21.8 Å². The Kier molecular flexibility index (Phi) is 8.16. The summed E-state index contributed by atoms with van der Waals surface area (Å²) in [6.07, 6.45) is 1.41. The van der Waals surface area contributed by atoms with E-state index >= 15 is 0 Å². The van der Waals surface area contributed by atoms with Crippen LogP contribution in [0.2, 0.25) is 0 Å². The first-order valence-corrected chi connectivity index (χ1v) is 12.7. The molecule has 0 atom stereocenters. The second-order valence-electron chi connectivity index (χ2n) is 8.77. The summed E-state index contributed by atoms with van der Waals surface area (Å²) in [6.45, 7) is 6.55. The highest BCUT2D eigenvalue weighted by molar-refractivity contribution is 9.10. The highest BCUT2D eigenvalue weighted by Gasteiger charge is 2.36. The molecule has 0 bridgehead atoms. The first-order valence-electron chi connectivity index (χ1n) is 11.9. The Morgan fingerprint density at radius 1 is 0.895 bits per heavy atom. The van der Waals surface area contributed by atoms with Gasteiger partial charge < -0.3 is 14.2 Å². The third-order valence-corrected chi connectivity index (χ3v) is 6.62. The first-order chi connectivity index (χ1) is 18.2. The molecule has 1 saturated heterocycles. The molecule has 4 rings (SSSR count). The maximum atomic E-state index is 13.2. The number of barbiturate groups is 1. The van der Waals surface area contributed by atoms with E-state index in [1.807, 2.05) is 39.0 Å². The van der Waals surface area contributed by atoms with Gasteiger partial charge in [0.15, 0.2) is 11.5 Å². The monoisotopic (exact) mass is 578 g/mol. The molecule has 1 heterocycles. The van der Waals surface area contributed by atoms with Crippen molar-refractivity contribution in [3.8, 4) is 17.2 Å². The average Bonchev–Trinajstić information content (AvgIpc) is 2.88. The number of hydrogen-bond donors (Lipinski definition) is 1. The summed E-state index contributed by atoms with van der Waals surface area (Å²) in [5, 5.41) is 2.23. The van der Waals surface area contributed by atoms with Gasteiger partial charge in [0, 0.05) is 0 Å². The maximum Gasteiger partial charge on any atom is 0.335 e. The van der Waals surface area contributed by atoms with Gasteiger partial charge in [0.1, 0.15) is 24.5 Å². The van der Waals surface area contributed by atoms with Crippen LogP contribution in [0.3, 0.4) is 0 Å². The number of rotatable bonds is 8. The molecule has 0 spiro atoms. The van der Waals surface area contributed by atoms with Crippen LogP contribution in [0.4, 0.5) is 10.5 Å². The van der Waals surface area contributed by atoms with Gasteiger partial charge in [0.25, 0.3) is 11.8 Å². The van der Waals surface area contributed by atoms with Crippen molar-refractivity contribution in [2.75, 3.05) is 25.2 Å². The number of carbonyl (C=O) groups is 3. The zero-order chi connectivity index (χ0) is 27.4. The molecule has 0 unspecified atom stereocenters. The van der Waals surface area contributed by atoms with Crippen molar-refractivity contribution < 1.29 is 28.6 Å². The SMILES string of the molecule is COc1cc(C=C2C(=O)NC(=O)N(c3ccc(C)cc3)C2=O)cc(Br)c1OCCOc1ccc(C)c(C)c1. The summed E-state index contributed by atoms with van der Waals surface area (Å²) < 4.78 is 17.7. The first kappa shape index (κ1) is 26.9. The van der Waals surface area contributed by atoms with Gasteiger partial charge in [-0.1, -0.05) is 23.8 Å². The summed E-state index contributed by atoms with van der Waals surface area (Å²) >= 11 is 3.49. The van der Waals surface area contributed by atoms with Gasteiger partial charge in [-0.15, -0.1) is 0 Å². The van der Waals surface area contributed by atoms with Gasteiger partial charge >= 0.3 is 6.03 Å². The highest BCUT2D eigenvalue weighted by atomic mass is 79.9. The number of imide groups is 2. The van der Waals surface area contributed by atoms with E-state index < -0.39 is 17.8 Å². The van der Waals surface area contributed by atoms with E-state index in [1.165, 1.54) is 18.7 Å². The van der Waals surface area contributed by atoms with Crippen molar-refractivity contribution in [1.29, 1.82) is 0 Å². The minimum Gasteiger partial charge on any atom is -0.493 e. The smallest absolute Gasteiger partial charge is 0.335 e. The van der Waals surface area contributed by atoms with E-state index in [0.29, 0.717) is 33.8 Å². The van der Waals surface area contributed by atoms with Crippen molar-refractivity contribution in [3.63, 3.8) is 0 Å². The van der Waals surface area contributed by atoms with E-state index in [-0.39, 0.29) is 12.2 Å². The van der Waals surface area contributed by atoms with E-state index in [2.05, 4.69) is 21.2 Å². The molecule has 1 N–H and O–H groups in total. The Bertz CT molecular complexity index is 1430. The number of benzene rings is 3. The second kappa shape index (κ2) is 11.5. The highest BCUT2D eigenvalue weighted by Crippen LogP contribution is 2.37. The van der Waals surface area contributed by atoms with Crippen LogP contribution in [0.5, 0.6) is 17.2 Å². The minimum absolute atomic E-state index is 0.186. The molecule has 3 aromatic rings. The van der Waals surface area contributed by atoms with Crippen LogP contribution in [0.1, 0.15) is 22.3 Å². The molecule has 0 aliphatic carbocycles. The lowest BCUT2D eigenvalue weighted by molar-refractivity contribution is -0.122. The van der Waals surface area contributed by atoms with Crippen molar-refractivity contribution in [3.05, 3.63) is 86.9 Å². The fraction of sp³-hybridized carbons (Fsp3) is 0.207. The Balaban J connectivity index is 1.51. The molecule has 0 radical (unpaired) electrons. The van der Waals surface area contributed by atoms with Gasteiger partial charge in [-0.25, -0.2) is 9.69 Å². The number of hydrogen-bond acceptors (Lipinski definition) is 6. The Morgan fingerprint density at radius 3 is 2.29 bits per heavy atom. The minimum atomic E-state index is -0.800. The third-order valence-electron chi connectivity index (χ3n) is 6.03. The van der Waals surface area contributed by atoms with Gasteiger partial charge in [0.05, 0.1) is 17.3 Å². The number of nitrogens with zero attached hydrogens (tertiary/aromatic N) is 1. The van der Waals surface area contributed by atoms with Gasteiger partial charge in [-0.2, -0.15) is 0 Å². The molecule has 38 heavy (non-hydrogen) atoms. The van der Waals surface area contributed by atoms with Crippen molar-refractivity contribution in [2.24, 2.45) is 0 Å². The van der Waals surface area contributed by atoms with E-state index in [9.17, 15) is 14.4 Å². The summed E-state index contributed by atoms with van der Waals surface area (Å²) in [7, 11) is 1.49. The van der Waals surface area contributed by atoms with Crippen LogP contribution < -0.4 is 24.4 Å². The number of carbonyl (C=O) groups excluding carboxylic acids is 3. The van der Waals surface area contributed by atoms with Crippen molar-refractivity contribution in [1.82, 2.24) is 5.32 Å². The molecule has 0 saturated carbocycles. The number of amides is 4. The second-order valence-corrected chi connectivity index (χ2v) is 9.62. The average molecular weight is 579 g/mol. The number of urea groups is 1. The largest absolute Gasteiger partial charge is 0.493 e. The van der Waals surface area contributed by atoms with Crippen molar-refractivity contribution in [2.45, 2.75) is 20.8 Å². The molecule has 1 aliphatic rings. The number of anilines is 1. The predicted octanol–water partition coefficient (Wildman–Crippen LogP) is 5.51. The lowest BCUT2D eigenvalue weighted by Crippen LogP contribution is -2.54. The number of methoxy groups -OCH3 is 1. The molecule has 1 aliphatic heterocycles. The zero-order valence-corrected chi connectivity index (χ0v) is 23.0. The van der Waals surface area contributed by atoms with E-state index in [4.69, 9.17) is 14.2 Å². The quantitative estimate of drug-likeness (QED) is 0.215. The normalized spacial score (nSPS) is 14.5. The van der Waals surface area contributed by atoms with Crippen LogP contribution >= 0.6 is 15.9 Å². The molecule has 8 nitrogen and oxygen atoms in total. The predicted molar refractivity (Wildman–Crippen MR) is 148 cm³/mol. The van der Waals surface area contributed by atoms with Gasteiger partial charge in [-0.3, -0.25) is 14.9 Å². The van der Waals surface area contributed by atoms with Crippen LogP contribution in [0, 0.1) is 20.8 Å². The number of halogens is 1. The summed E-state index contributed by atoms with van der Waals surface area (Å²) in [5.41, 5.74) is 4.00. The number of nitrogens with one attached hydrogen (secondary N) is 1. The van der Waals surface area contributed by atoms with Crippen LogP contribution in [0.25, 0.3) is 6.08 Å².